The minimum absolute atomic E-state index is 0.00595. The van der Waals surface area contributed by atoms with Crippen molar-refractivity contribution in [1.29, 1.82) is 0 Å². The highest BCUT2D eigenvalue weighted by Crippen LogP contribution is 2.37. The van der Waals surface area contributed by atoms with Gasteiger partial charge in [-0.15, -0.1) is 0 Å². The van der Waals surface area contributed by atoms with E-state index in [2.05, 4.69) is 47.8 Å². The van der Waals surface area contributed by atoms with Crippen LogP contribution in [0, 0.1) is 30.3 Å². The predicted octanol–water partition coefficient (Wildman–Crippen LogP) is 12.0. The molecule has 3 aromatic carbocycles. The van der Waals surface area contributed by atoms with Gasteiger partial charge in [0.25, 0.3) is 0 Å². The van der Waals surface area contributed by atoms with Gasteiger partial charge < -0.3 is 14.6 Å². The lowest BCUT2D eigenvalue weighted by Crippen LogP contribution is -2.03. The van der Waals surface area contributed by atoms with E-state index >= 15 is 0 Å². The van der Waals surface area contributed by atoms with Crippen LogP contribution in [-0.4, -0.2) is 33.1 Å². The van der Waals surface area contributed by atoms with E-state index in [9.17, 15) is 35.4 Å². The van der Waals surface area contributed by atoms with Crippen LogP contribution in [0.15, 0.2) is 80.2 Å². The molecule has 0 aromatic heterocycles. The summed E-state index contributed by atoms with van der Waals surface area (Å²) in [5.74, 6) is 0.458. The van der Waals surface area contributed by atoms with Crippen molar-refractivity contribution in [3.63, 3.8) is 0 Å². The van der Waals surface area contributed by atoms with E-state index in [1.54, 1.807) is 6.07 Å². The van der Waals surface area contributed by atoms with Gasteiger partial charge in [-0.3, -0.25) is 30.3 Å². The van der Waals surface area contributed by atoms with Gasteiger partial charge >= 0.3 is 17.1 Å². The fourth-order valence-electron chi connectivity index (χ4n) is 4.18. The molecule has 276 valence electrons. The smallest absolute Gasteiger partial charge is 0.312 e. The Labute approximate surface area is 323 Å². The van der Waals surface area contributed by atoms with Gasteiger partial charge in [0.05, 0.1) is 28.0 Å². The van der Waals surface area contributed by atoms with Crippen molar-refractivity contribution in [1.82, 2.24) is 0 Å². The largest absolute Gasteiger partial charge is 0.502 e. The normalized spacial score (nSPS) is 10.8. The Hall–Kier alpha value is -4.08. The van der Waals surface area contributed by atoms with Gasteiger partial charge in [0, 0.05) is 48.3 Å². The first kappa shape index (κ1) is 44.9. The second-order valence-corrected chi connectivity index (χ2v) is 13.3. The number of allylic oxidation sites excluding steroid dienone is 5. The first-order valence-corrected chi connectivity index (χ1v) is 18.4. The molecule has 51 heavy (non-hydrogen) atoms. The van der Waals surface area contributed by atoms with Gasteiger partial charge in [0.15, 0.2) is 5.75 Å². The zero-order valence-electron chi connectivity index (χ0n) is 29.1. The lowest BCUT2D eigenvalue weighted by Gasteiger charge is -2.10. The molecule has 0 atom stereocenters. The molecule has 0 spiro atoms. The fraction of sp³-hybridized carbons (Fsp3) is 0.333. The van der Waals surface area contributed by atoms with Gasteiger partial charge in [-0.05, 0) is 64.2 Å². The number of nitro groups is 3. The third-order valence-corrected chi connectivity index (χ3v) is 7.85. The number of aromatic hydroxyl groups is 1. The third kappa shape index (κ3) is 15.4. The summed E-state index contributed by atoms with van der Waals surface area (Å²) in [4.78, 5) is 31.3. The van der Waals surface area contributed by atoms with E-state index < -0.39 is 14.8 Å². The van der Waals surface area contributed by atoms with Crippen molar-refractivity contribution in [3.05, 3.63) is 127 Å². The number of hydrogen-bond acceptors (Lipinski definition) is 9. The summed E-state index contributed by atoms with van der Waals surface area (Å²) < 4.78 is 13.0. The Morgan fingerprint density at radius 2 is 1.08 bits per heavy atom. The lowest BCUT2D eigenvalue weighted by molar-refractivity contribution is -0.386. The number of benzene rings is 3. The van der Waals surface area contributed by atoms with Gasteiger partial charge in [0.2, 0.25) is 11.5 Å². The van der Waals surface area contributed by atoms with E-state index in [0.717, 1.165) is 30.4 Å². The number of phenols is 1. The number of rotatable bonds is 15. The van der Waals surface area contributed by atoms with Gasteiger partial charge in [-0.25, -0.2) is 0 Å². The molecule has 15 heteroatoms. The molecule has 0 aliphatic carbocycles. The average Bonchev–Trinajstić information content (AvgIpc) is 3.08. The minimum Gasteiger partial charge on any atom is -0.502 e. The van der Waals surface area contributed by atoms with Crippen LogP contribution in [-0.2, 0) is 12.8 Å². The summed E-state index contributed by atoms with van der Waals surface area (Å²) in [6.45, 7) is 10.7. The van der Waals surface area contributed by atoms with E-state index in [4.69, 9.17) is 9.47 Å². The summed E-state index contributed by atoms with van der Waals surface area (Å²) in [5.41, 5.74) is 1.82. The number of nitrogens with zero attached hydrogens (tertiary/aromatic N) is 3. The first-order valence-electron chi connectivity index (χ1n) is 16.0. The zero-order valence-corrected chi connectivity index (χ0v) is 33.8. The van der Waals surface area contributed by atoms with Crippen LogP contribution in [0.2, 0.25) is 0 Å². The summed E-state index contributed by atoms with van der Waals surface area (Å²) >= 11 is 9.74. The van der Waals surface area contributed by atoms with Crippen LogP contribution in [0.5, 0.6) is 17.2 Å². The maximum absolute atomic E-state index is 11.0. The molecule has 0 fully saturated rings. The maximum Gasteiger partial charge on any atom is 0.312 e. The fourth-order valence-corrected chi connectivity index (χ4v) is 5.63. The second-order valence-electron chi connectivity index (χ2n) is 10.5. The highest BCUT2D eigenvalue weighted by atomic mass is 79.9. The van der Waals surface area contributed by atoms with Crippen molar-refractivity contribution in [2.45, 2.75) is 66.7 Å². The molecular weight excluding hydrogens is 858 g/mol. The predicted molar refractivity (Wildman–Crippen MR) is 212 cm³/mol. The summed E-state index contributed by atoms with van der Waals surface area (Å²) in [7, 11) is 0. The molecule has 0 aliphatic rings. The van der Waals surface area contributed by atoms with Crippen molar-refractivity contribution < 1.29 is 29.4 Å². The summed E-state index contributed by atoms with van der Waals surface area (Å²) in [6, 6.07) is 9.58. The molecule has 0 saturated heterocycles. The van der Waals surface area contributed by atoms with Crippen molar-refractivity contribution in [2.24, 2.45) is 0 Å². The molecule has 0 amide bonds. The van der Waals surface area contributed by atoms with Crippen LogP contribution in [0.4, 0.5) is 17.1 Å². The molecule has 12 nitrogen and oxygen atoms in total. The van der Waals surface area contributed by atoms with E-state index in [0.29, 0.717) is 56.5 Å². The quantitative estimate of drug-likeness (QED) is 0.0886. The van der Waals surface area contributed by atoms with Crippen LogP contribution >= 0.6 is 47.8 Å². The van der Waals surface area contributed by atoms with Gasteiger partial charge in [-0.2, -0.15) is 0 Å². The maximum atomic E-state index is 11.0. The van der Waals surface area contributed by atoms with Crippen molar-refractivity contribution in [3.8, 4) is 17.2 Å². The topological polar surface area (TPSA) is 168 Å². The highest BCUT2D eigenvalue weighted by molar-refractivity contribution is 9.11. The third-order valence-electron chi connectivity index (χ3n) is 6.48. The number of halogens is 3. The Morgan fingerprint density at radius 1 is 0.647 bits per heavy atom. The SMILES string of the molecule is C/C=C/Cc1cc(Br)cc([N+](=O)[O-])c1O.C/C=C/Cc1cc(Br)cc([N+](=O)[O-])c1OCCC.CC/C=C/c1cc(Br)cc([N+](=O)[O-])c1OCCC. The summed E-state index contributed by atoms with van der Waals surface area (Å²) in [6.07, 6.45) is 14.9. The first-order chi connectivity index (χ1) is 24.2. The molecule has 0 aliphatic heterocycles. The number of phenolic OH excluding ortho intramolecular Hbond substituents is 1. The summed E-state index contributed by atoms with van der Waals surface area (Å²) in [5, 5.41) is 42.3. The molecule has 0 radical (unpaired) electrons. The van der Waals surface area contributed by atoms with Gasteiger partial charge in [0.1, 0.15) is 0 Å². The molecule has 3 aromatic rings. The number of hydrogen-bond donors (Lipinski definition) is 1. The molecule has 0 heterocycles. The standard InChI is InChI=1S/2C13H16BrNO3.C10H10BrNO3/c2*1-3-5-6-10-8-11(14)9-12(15(16)17)13(10)18-7-4-2;1-2-3-4-7-5-8(11)6-9(10(7)13)12(14)15/h5-6,8-9H,3-4,7H2,1-2H3;3,5,8-9H,4,6-7H2,1-2H3;2-3,5-6,13H,4H2,1H3/b6-5+;5-3+;3-2+. The molecule has 1 N–H and O–H groups in total. The lowest BCUT2D eigenvalue weighted by atomic mass is 10.1. The molecule has 3 rings (SSSR count). The zero-order chi connectivity index (χ0) is 38.5. The minimum atomic E-state index is -0.598. The highest BCUT2D eigenvalue weighted by Gasteiger charge is 2.21. The Kier molecular flexibility index (Phi) is 21.3. The second kappa shape index (κ2) is 24.2. The monoisotopic (exact) mass is 897 g/mol. The number of nitro benzene ring substituents is 3. The van der Waals surface area contributed by atoms with Crippen LogP contribution in [0.1, 0.15) is 70.6 Å². The van der Waals surface area contributed by atoms with E-state index in [1.165, 1.54) is 18.2 Å². The van der Waals surface area contributed by atoms with Crippen LogP contribution < -0.4 is 9.47 Å². The Bertz CT molecular complexity index is 1730. The average molecular weight is 900 g/mol. The van der Waals surface area contributed by atoms with E-state index in [1.807, 2.05) is 83.2 Å². The Morgan fingerprint density at radius 3 is 1.55 bits per heavy atom. The molecular formula is C36H42Br3N3O9. The molecule has 0 unspecified atom stereocenters. The van der Waals surface area contributed by atoms with E-state index in [-0.39, 0.29) is 22.8 Å². The van der Waals surface area contributed by atoms with Crippen molar-refractivity contribution >= 4 is 70.9 Å². The number of ether oxygens (including phenoxy) is 2. The van der Waals surface area contributed by atoms with Crippen LogP contribution in [0.25, 0.3) is 6.08 Å². The molecule has 0 bridgehead atoms. The van der Waals surface area contributed by atoms with Crippen LogP contribution in [0.3, 0.4) is 0 Å². The Balaban J connectivity index is 0.000000384. The van der Waals surface area contributed by atoms with Gasteiger partial charge in [-0.1, -0.05) is 105 Å². The van der Waals surface area contributed by atoms with Crippen molar-refractivity contribution in [2.75, 3.05) is 13.2 Å². The molecule has 0 saturated carbocycles.